The predicted molar refractivity (Wildman–Crippen MR) is 119 cm³/mol. The second-order valence-electron chi connectivity index (χ2n) is 7.11. The van der Waals surface area contributed by atoms with E-state index in [0.29, 0.717) is 12.5 Å². The molecule has 0 radical (unpaired) electrons. The molecule has 0 saturated carbocycles. The van der Waals surface area contributed by atoms with Crippen LogP contribution in [0.3, 0.4) is 0 Å². The third-order valence-electron chi connectivity index (χ3n) is 4.54. The number of hydrogen-bond acceptors (Lipinski definition) is 3. The van der Waals surface area contributed by atoms with Crippen LogP contribution in [0.25, 0.3) is 0 Å². The van der Waals surface area contributed by atoms with Crippen LogP contribution in [-0.2, 0) is 17.6 Å². The van der Waals surface area contributed by atoms with Crippen molar-refractivity contribution in [1.82, 2.24) is 15.5 Å². The van der Waals surface area contributed by atoms with E-state index in [0.717, 1.165) is 30.7 Å². The molecule has 0 bridgehead atoms. The van der Waals surface area contributed by atoms with E-state index in [1.165, 1.54) is 11.1 Å². The minimum atomic E-state index is -0.0329. The molecule has 0 spiro atoms. The number of nitrogens with zero attached hydrogens (tertiary/aromatic N) is 2. The lowest BCUT2D eigenvalue weighted by atomic mass is 10.1. The lowest BCUT2D eigenvalue weighted by Crippen LogP contribution is -2.40. The summed E-state index contributed by atoms with van der Waals surface area (Å²) >= 11 is 0. The van der Waals surface area contributed by atoms with Gasteiger partial charge in [-0.2, -0.15) is 0 Å². The molecule has 156 valence electrons. The highest BCUT2D eigenvalue weighted by molar-refractivity contribution is 5.84. The molecule has 2 N–H and O–H groups in total. The lowest BCUT2D eigenvalue weighted by Gasteiger charge is -2.15. The van der Waals surface area contributed by atoms with Gasteiger partial charge < -0.3 is 20.3 Å². The number of likely N-dealkylation sites (N-methyl/N-ethyl adjacent to an activating group) is 1. The van der Waals surface area contributed by atoms with Crippen LogP contribution in [0.1, 0.15) is 16.7 Å². The Balaban J connectivity index is 1.94. The first-order valence-electron chi connectivity index (χ1n) is 9.89. The smallest absolute Gasteiger partial charge is 0.243 e. The molecule has 0 fully saturated rings. The highest BCUT2D eigenvalue weighted by Crippen LogP contribution is 2.19. The molecule has 29 heavy (non-hydrogen) atoms. The molecule has 0 aliphatic heterocycles. The Hall–Kier alpha value is -3.02. The summed E-state index contributed by atoms with van der Waals surface area (Å²) in [4.78, 5) is 17.9. The zero-order valence-electron chi connectivity index (χ0n) is 17.9. The maximum absolute atomic E-state index is 11.9. The largest absolute Gasteiger partial charge is 0.496 e. The van der Waals surface area contributed by atoms with Gasteiger partial charge in [-0.3, -0.25) is 4.79 Å². The monoisotopic (exact) mass is 396 g/mol. The van der Waals surface area contributed by atoms with E-state index in [4.69, 9.17) is 4.74 Å². The molecule has 2 aromatic rings. The van der Waals surface area contributed by atoms with Crippen LogP contribution in [0, 0.1) is 6.92 Å². The zero-order chi connectivity index (χ0) is 21.1. The van der Waals surface area contributed by atoms with Crippen LogP contribution in [-0.4, -0.2) is 57.6 Å². The fourth-order valence-electron chi connectivity index (χ4n) is 2.85. The van der Waals surface area contributed by atoms with Gasteiger partial charge in [0.25, 0.3) is 0 Å². The average Bonchev–Trinajstić information content (AvgIpc) is 2.72. The molecule has 2 aromatic carbocycles. The quantitative estimate of drug-likeness (QED) is 0.505. The van der Waals surface area contributed by atoms with Gasteiger partial charge in [-0.25, -0.2) is 4.99 Å². The van der Waals surface area contributed by atoms with E-state index in [2.05, 4.69) is 40.7 Å². The van der Waals surface area contributed by atoms with E-state index in [-0.39, 0.29) is 12.5 Å². The number of rotatable bonds is 9. The van der Waals surface area contributed by atoms with Crippen molar-refractivity contribution in [2.75, 3.05) is 40.8 Å². The highest BCUT2D eigenvalue weighted by Gasteiger charge is 2.07. The van der Waals surface area contributed by atoms with Crippen LogP contribution >= 0.6 is 0 Å². The van der Waals surface area contributed by atoms with Crippen LogP contribution < -0.4 is 15.4 Å². The number of methoxy groups -OCH3 is 1. The highest BCUT2D eigenvalue weighted by atomic mass is 16.5. The summed E-state index contributed by atoms with van der Waals surface area (Å²) in [5, 5.41) is 6.66. The number of amides is 1. The van der Waals surface area contributed by atoms with Crippen LogP contribution in [0.2, 0.25) is 0 Å². The molecule has 0 unspecified atom stereocenters. The molecular weight excluding hydrogens is 364 g/mol. The summed E-state index contributed by atoms with van der Waals surface area (Å²) in [6, 6.07) is 16.5. The van der Waals surface area contributed by atoms with Gasteiger partial charge in [-0.1, -0.05) is 48.0 Å². The molecule has 2 rings (SSSR count). The van der Waals surface area contributed by atoms with Gasteiger partial charge in [-0.05, 0) is 37.0 Å². The van der Waals surface area contributed by atoms with Crippen molar-refractivity contribution in [1.29, 1.82) is 0 Å². The maximum Gasteiger partial charge on any atom is 0.243 e. The second-order valence-corrected chi connectivity index (χ2v) is 7.11. The molecule has 0 saturated heterocycles. The topological polar surface area (TPSA) is 66.0 Å². The first-order valence-corrected chi connectivity index (χ1v) is 9.89. The van der Waals surface area contributed by atoms with Gasteiger partial charge >= 0.3 is 0 Å². The Labute approximate surface area is 174 Å². The van der Waals surface area contributed by atoms with Crippen LogP contribution in [0.15, 0.2) is 53.5 Å². The normalized spacial score (nSPS) is 11.1. The van der Waals surface area contributed by atoms with Crippen LogP contribution in [0.5, 0.6) is 5.75 Å². The number of guanidine groups is 1. The van der Waals surface area contributed by atoms with Gasteiger partial charge in [0.2, 0.25) is 5.91 Å². The number of carbonyl (C=O) groups is 1. The second kappa shape index (κ2) is 11.7. The van der Waals surface area contributed by atoms with Gasteiger partial charge in [0.05, 0.1) is 7.11 Å². The zero-order valence-corrected chi connectivity index (χ0v) is 17.9. The molecule has 6 heteroatoms. The van der Waals surface area contributed by atoms with E-state index >= 15 is 0 Å². The standard InChI is InChI=1S/C23H32N4O2/c1-18-10-11-21(29-4)20(16-18)13-15-25-23(26-17-22(28)27(2)3)24-14-12-19-8-6-5-7-9-19/h5-11,16H,12-15,17H2,1-4H3,(H2,24,25,26). The maximum atomic E-state index is 11.9. The SMILES string of the molecule is COc1ccc(C)cc1CCNC(=NCC(=O)N(C)C)NCCc1ccccc1. The van der Waals surface area contributed by atoms with Crippen molar-refractivity contribution in [3.05, 3.63) is 65.2 Å². The number of hydrogen-bond donors (Lipinski definition) is 2. The number of aliphatic imine (C=N–C) groups is 1. The Morgan fingerprint density at radius 2 is 1.72 bits per heavy atom. The Bertz CT molecular complexity index is 804. The summed E-state index contributed by atoms with van der Waals surface area (Å²) in [6.45, 7) is 3.61. The molecule has 0 aliphatic carbocycles. The molecular formula is C23H32N4O2. The van der Waals surface area contributed by atoms with Gasteiger partial charge in [0.1, 0.15) is 12.3 Å². The first-order chi connectivity index (χ1) is 14.0. The van der Waals surface area contributed by atoms with E-state index in [1.807, 2.05) is 30.3 Å². The number of aryl methyl sites for hydroxylation is 1. The Morgan fingerprint density at radius 1 is 1.03 bits per heavy atom. The number of nitrogens with one attached hydrogen (secondary N) is 2. The van der Waals surface area contributed by atoms with Gasteiger partial charge in [-0.15, -0.1) is 0 Å². The van der Waals surface area contributed by atoms with Gasteiger partial charge in [0.15, 0.2) is 5.96 Å². The number of ether oxygens (including phenoxy) is 1. The summed E-state index contributed by atoms with van der Waals surface area (Å²) in [5.74, 6) is 1.49. The van der Waals surface area contributed by atoms with E-state index < -0.39 is 0 Å². The van der Waals surface area contributed by atoms with Crippen molar-refractivity contribution < 1.29 is 9.53 Å². The average molecular weight is 397 g/mol. The van der Waals surface area contributed by atoms with Crippen LogP contribution in [0.4, 0.5) is 0 Å². The molecule has 0 aromatic heterocycles. The summed E-state index contributed by atoms with van der Waals surface area (Å²) in [6.07, 6.45) is 1.68. The van der Waals surface area contributed by atoms with Crippen molar-refractivity contribution in [3.63, 3.8) is 0 Å². The molecule has 0 aliphatic rings. The third-order valence-corrected chi connectivity index (χ3v) is 4.54. The minimum Gasteiger partial charge on any atom is -0.496 e. The van der Waals surface area contributed by atoms with E-state index in [1.54, 1.807) is 26.1 Å². The van der Waals surface area contributed by atoms with E-state index in [9.17, 15) is 4.79 Å². The van der Waals surface area contributed by atoms with Crippen molar-refractivity contribution in [2.24, 2.45) is 4.99 Å². The molecule has 0 heterocycles. The number of carbonyl (C=O) groups excluding carboxylic acids is 1. The molecule has 6 nitrogen and oxygen atoms in total. The fourth-order valence-corrected chi connectivity index (χ4v) is 2.85. The summed E-state index contributed by atoms with van der Waals surface area (Å²) < 4.78 is 5.45. The Morgan fingerprint density at radius 3 is 2.38 bits per heavy atom. The van der Waals surface area contributed by atoms with Gasteiger partial charge in [0, 0.05) is 27.2 Å². The Kier molecular flexibility index (Phi) is 9.02. The lowest BCUT2D eigenvalue weighted by molar-refractivity contribution is -0.127. The minimum absolute atomic E-state index is 0.0329. The van der Waals surface area contributed by atoms with Crippen molar-refractivity contribution >= 4 is 11.9 Å². The summed E-state index contributed by atoms with van der Waals surface area (Å²) in [7, 11) is 5.15. The summed E-state index contributed by atoms with van der Waals surface area (Å²) in [5.41, 5.74) is 3.61. The molecule has 0 atom stereocenters. The van der Waals surface area contributed by atoms with Crippen molar-refractivity contribution in [3.8, 4) is 5.75 Å². The fraction of sp³-hybridized carbons (Fsp3) is 0.391. The molecule has 1 amide bonds. The number of benzene rings is 2. The first kappa shape index (κ1) is 22.3. The third kappa shape index (κ3) is 7.86. The predicted octanol–water partition coefficient (Wildman–Crippen LogP) is 2.41. The van der Waals surface area contributed by atoms with Crippen molar-refractivity contribution in [2.45, 2.75) is 19.8 Å².